The monoisotopic (exact) mass is 302 g/mol. The Labute approximate surface area is 128 Å². The van der Waals surface area contributed by atoms with E-state index in [2.05, 4.69) is 21.4 Å². The number of aryl methyl sites for hydroxylation is 1. The topological polar surface area (TPSA) is 70.8 Å². The number of nitrogens with one attached hydrogen (secondary N) is 1. The second-order valence-electron chi connectivity index (χ2n) is 4.36. The van der Waals surface area contributed by atoms with Crippen molar-refractivity contribution in [2.24, 2.45) is 0 Å². The summed E-state index contributed by atoms with van der Waals surface area (Å²) >= 11 is 6.01. The Morgan fingerprint density at radius 3 is 2.86 bits per heavy atom. The molecule has 0 saturated heterocycles. The number of aromatic nitrogens is 2. The number of hydrogen-bond acceptors (Lipinski definition) is 5. The summed E-state index contributed by atoms with van der Waals surface area (Å²) in [6.07, 6.45) is 1.67. The molecule has 0 unspecified atom stereocenters. The smallest absolute Gasteiger partial charge is 0.143 e. The third kappa shape index (κ3) is 3.61. The van der Waals surface area contributed by atoms with Gasteiger partial charge in [-0.05, 0) is 18.6 Å². The van der Waals surface area contributed by atoms with Crippen molar-refractivity contribution in [1.29, 1.82) is 5.26 Å². The summed E-state index contributed by atoms with van der Waals surface area (Å²) in [5.74, 6) is 1.78. The number of nitrogens with zero attached hydrogens (tertiary/aromatic N) is 3. The van der Waals surface area contributed by atoms with Crippen LogP contribution in [0.4, 0.5) is 11.5 Å². The first-order chi connectivity index (χ1) is 10.2. The lowest BCUT2D eigenvalue weighted by Crippen LogP contribution is -2.03. The summed E-state index contributed by atoms with van der Waals surface area (Å²) in [6, 6.07) is 8.99. The molecule has 1 heterocycles. The average molecular weight is 303 g/mol. The van der Waals surface area contributed by atoms with Crippen molar-refractivity contribution < 1.29 is 4.74 Å². The molecular formula is C15H15ClN4O. The Morgan fingerprint density at radius 1 is 1.38 bits per heavy atom. The van der Waals surface area contributed by atoms with E-state index in [1.807, 2.05) is 6.92 Å². The van der Waals surface area contributed by atoms with Crippen LogP contribution in [0.2, 0.25) is 5.15 Å². The Balaban J connectivity index is 2.40. The number of ether oxygens (including phenoxy) is 1. The second-order valence-corrected chi connectivity index (χ2v) is 4.75. The van der Waals surface area contributed by atoms with E-state index in [4.69, 9.17) is 16.3 Å². The van der Waals surface area contributed by atoms with Gasteiger partial charge in [0.15, 0.2) is 0 Å². The van der Waals surface area contributed by atoms with Crippen LogP contribution in [0.15, 0.2) is 24.3 Å². The van der Waals surface area contributed by atoms with Gasteiger partial charge < -0.3 is 10.1 Å². The van der Waals surface area contributed by atoms with Gasteiger partial charge in [0.2, 0.25) is 0 Å². The van der Waals surface area contributed by atoms with Crippen LogP contribution in [0.25, 0.3) is 0 Å². The molecule has 1 N–H and O–H groups in total. The van der Waals surface area contributed by atoms with Crippen molar-refractivity contribution >= 4 is 23.1 Å². The number of halogens is 1. The molecule has 5 nitrogen and oxygen atoms in total. The number of rotatable bonds is 5. The van der Waals surface area contributed by atoms with E-state index in [9.17, 15) is 5.26 Å². The molecule has 2 rings (SSSR count). The maximum Gasteiger partial charge on any atom is 0.143 e. The van der Waals surface area contributed by atoms with Gasteiger partial charge >= 0.3 is 0 Å². The van der Waals surface area contributed by atoms with Gasteiger partial charge in [-0.1, -0.05) is 24.6 Å². The third-order valence-electron chi connectivity index (χ3n) is 2.83. The molecule has 0 fully saturated rings. The third-order valence-corrected chi connectivity index (χ3v) is 3.03. The maximum atomic E-state index is 9.21. The molecule has 0 aliphatic rings. The fourth-order valence-corrected chi connectivity index (χ4v) is 2.12. The molecular weight excluding hydrogens is 288 g/mol. The van der Waals surface area contributed by atoms with Crippen molar-refractivity contribution in [1.82, 2.24) is 9.97 Å². The Morgan fingerprint density at radius 2 is 2.19 bits per heavy atom. The molecule has 21 heavy (non-hydrogen) atoms. The van der Waals surface area contributed by atoms with Crippen LogP contribution in [0.3, 0.4) is 0 Å². The molecule has 0 bridgehead atoms. The van der Waals surface area contributed by atoms with Crippen molar-refractivity contribution in [3.8, 4) is 11.8 Å². The van der Waals surface area contributed by atoms with Gasteiger partial charge in [-0.3, -0.25) is 0 Å². The lowest BCUT2D eigenvalue weighted by molar-refractivity contribution is 0.416. The lowest BCUT2D eigenvalue weighted by Gasteiger charge is -2.12. The predicted molar refractivity (Wildman–Crippen MR) is 82.0 cm³/mol. The van der Waals surface area contributed by atoms with Crippen LogP contribution in [-0.2, 0) is 6.42 Å². The molecule has 0 amide bonds. The molecule has 0 atom stereocenters. The predicted octanol–water partition coefficient (Wildman–Crippen LogP) is 3.71. The lowest BCUT2D eigenvalue weighted by atomic mass is 10.2. The number of nitriles is 1. The van der Waals surface area contributed by atoms with Gasteiger partial charge in [-0.15, -0.1) is 0 Å². The summed E-state index contributed by atoms with van der Waals surface area (Å²) in [5.41, 5.74) is 1.04. The van der Waals surface area contributed by atoms with Crippen molar-refractivity contribution in [2.75, 3.05) is 12.4 Å². The van der Waals surface area contributed by atoms with Crippen LogP contribution in [0, 0.1) is 11.3 Å². The Kier molecular flexibility index (Phi) is 4.96. The average Bonchev–Trinajstić information content (AvgIpc) is 2.47. The van der Waals surface area contributed by atoms with Gasteiger partial charge in [-0.2, -0.15) is 5.26 Å². The highest BCUT2D eigenvalue weighted by atomic mass is 35.5. The molecule has 6 heteroatoms. The zero-order valence-electron chi connectivity index (χ0n) is 11.9. The highest BCUT2D eigenvalue weighted by Crippen LogP contribution is 2.30. The fourth-order valence-electron chi connectivity index (χ4n) is 1.92. The zero-order chi connectivity index (χ0) is 15.2. The molecule has 2 aromatic rings. The Hall–Kier alpha value is -2.32. The molecule has 108 valence electrons. The first-order valence-corrected chi connectivity index (χ1v) is 6.93. The van der Waals surface area contributed by atoms with Gasteiger partial charge in [0.25, 0.3) is 0 Å². The molecule has 1 aromatic carbocycles. The SMILES string of the molecule is CCCc1nc(Cl)cc(Nc2c(C#N)cccc2OC)n1. The molecule has 0 radical (unpaired) electrons. The molecule has 1 aromatic heterocycles. The number of anilines is 2. The number of para-hydroxylation sites is 1. The van der Waals surface area contributed by atoms with Gasteiger partial charge in [0.05, 0.1) is 12.7 Å². The van der Waals surface area contributed by atoms with Crippen LogP contribution in [0.1, 0.15) is 24.7 Å². The van der Waals surface area contributed by atoms with Crippen molar-refractivity contribution in [3.05, 3.63) is 40.8 Å². The van der Waals surface area contributed by atoms with Gasteiger partial charge in [0.1, 0.15) is 34.3 Å². The van der Waals surface area contributed by atoms with Gasteiger partial charge in [-0.25, -0.2) is 9.97 Å². The summed E-state index contributed by atoms with van der Waals surface area (Å²) in [5, 5.41) is 12.7. The van der Waals surface area contributed by atoms with Crippen LogP contribution in [-0.4, -0.2) is 17.1 Å². The highest BCUT2D eigenvalue weighted by Gasteiger charge is 2.11. The van der Waals surface area contributed by atoms with Crippen LogP contribution >= 0.6 is 11.6 Å². The van der Waals surface area contributed by atoms with E-state index in [0.29, 0.717) is 33.8 Å². The molecule has 0 aliphatic heterocycles. The zero-order valence-corrected chi connectivity index (χ0v) is 12.6. The summed E-state index contributed by atoms with van der Waals surface area (Å²) in [4.78, 5) is 8.57. The summed E-state index contributed by atoms with van der Waals surface area (Å²) in [6.45, 7) is 2.05. The highest BCUT2D eigenvalue weighted by molar-refractivity contribution is 6.29. The van der Waals surface area contributed by atoms with Crippen molar-refractivity contribution in [2.45, 2.75) is 19.8 Å². The minimum Gasteiger partial charge on any atom is -0.495 e. The minimum absolute atomic E-state index is 0.365. The van der Waals surface area contributed by atoms with Crippen LogP contribution < -0.4 is 10.1 Å². The first-order valence-electron chi connectivity index (χ1n) is 6.55. The van der Waals surface area contributed by atoms with Crippen molar-refractivity contribution in [3.63, 3.8) is 0 Å². The molecule has 0 saturated carbocycles. The summed E-state index contributed by atoms with van der Waals surface area (Å²) < 4.78 is 5.28. The van der Waals surface area contributed by atoms with E-state index in [0.717, 1.165) is 12.8 Å². The standard InChI is InChI=1S/C15H15ClN4O/c1-3-5-13-18-12(16)8-14(19-13)20-15-10(9-17)6-4-7-11(15)21-2/h4,6-8H,3,5H2,1-2H3,(H,18,19,20). The fraction of sp³-hybridized carbons (Fsp3) is 0.267. The first kappa shape index (κ1) is 15.1. The van der Waals surface area contributed by atoms with E-state index in [1.165, 1.54) is 0 Å². The van der Waals surface area contributed by atoms with E-state index in [1.54, 1.807) is 31.4 Å². The largest absolute Gasteiger partial charge is 0.495 e. The maximum absolute atomic E-state index is 9.21. The second kappa shape index (κ2) is 6.91. The quantitative estimate of drug-likeness (QED) is 0.853. The minimum atomic E-state index is 0.365. The molecule has 0 aliphatic carbocycles. The number of methoxy groups -OCH3 is 1. The van der Waals surface area contributed by atoms with E-state index >= 15 is 0 Å². The normalized spacial score (nSPS) is 10.0. The van der Waals surface area contributed by atoms with Crippen LogP contribution in [0.5, 0.6) is 5.75 Å². The molecule has 0 spiro atoms. The summed E-state index contributed by atoms with van der Waals surface area (Å²) in [7, 11) is 1.55. The Bertz CT molecular complexity index is 682. The van der Waals surface area contributed by atoms with Gasteiger partial charge in [0, 0.05) is 12.5 Å². The number of benzene rings is 1. The van der Waals surface area contributed by atoms with E-state index in [-0.39, 0.29) is 0 Å². The van der Waals surface area contributed by atoms with E-state index < -0.39 is 0 Å². The number of hydrogen-bond donors (Lipinski definition) is 1.